The zero-order valence-corrected chi connectivity index (χ0v) is 19.0. The lowest BCUT2D eigenvalue weighted by molar-refractivity contribution is 0.0410. The Morgan fingerprint density at radius 2 is 1.97 bits per heavy atom. The molecule has 30 heavy (non-hydrogen) atoms. The first kappa shape index (κ1) is 20.2. The van der Waals surface area contributed by atoms with Crippen LogP contribution in [0.15, 0.2) is 34.2 Å². The van der Waals surface area contributed by atoms with E-state index >= 15 is 0 Å². The number of aromatic nitrogens is 2. The summed E-state index contributed by atoms with van der Waals surface area (Å²) in [5, 5.41) is 1.67. The normalized spacial score (nSPS) is 17.4. The topological polar surface area (TPSA) is 47.4 Å². The molecule has 5 rings (SSSR count). The van der Waals surface area contributed by atoms with Gasteiger partial charge in [-0.15, -0.1) is 11.3 Å². The Bertz CT molecular complexity index is 1120. The van der Waals surface area contributed by atoms with Gasteiger partial charge in [-0.1, -0.05) is 30.0 Å². The van der Waals surface area contributed by atoms with Crippen LogP contribution in [0.3, 0.4) is 0 Å². The third-order valence-corrected chi connectivity index (χ3v) is 8.16. The molecule has 2 aliphatic rings. The van der Waals surface area contributed by atoms with Crippen LogP contribution in [0.1, 0.15) is 28.8 Å². The van der Waals surface area contributed by atoms with Crippen molar-refractivity contribution in [1.29, 1.82) is 0 Å². The fourth-order valence-corrected chi connectivity index (χ4v) is 6.71. The van der Waals surface area contributed by atoms with Gasteiger partial charge in [-0.25, -0.2) is 4.98 Å². The van der Waals surface area contributed by atoms with Crippen molar-refractivity contribution in [3.63, 3.8) is 0 Å². The highest BCUT2D eigenvalue weighted by molar-refractivity contribution is 7.99. The molecule has 0 amide bonds. The standard InChI is InChI=1S/C23H27N3O2S2/c1-16-6-2-4-8-18(16)26-22(27)20-17-7-3-5-9-19(17)30-21(20)24-23(26)29-15-12-25-10-13-28-14-11-25/h2,4,6,8H,3,5,7,9-15H2,1H3. The molecule has 158 valence electrons. The number of thiophene rings is 1. The predicted molar refractivity (Wildman–Crippen MR) is 125 cm³/mol. The van der Waals surface area contributed by atoms with Crippen LogP contribution in [0.2, 0.25) is 0 Å². The monoisotopic (exact) mass is 441 g/mol. The average molecular weight is 442 g/mol. The average Bonchev–Trinajstić information content (AvgIpc) is 3.14. The van der Waals surface area contributed by atoms with E-state index in [-0.39, 0.29) is 5.56 Å². The van der Waals surface area contributed by atoms with Crippen LogP contribution < -0.4 is 5.56 Å². The van der Waals surface area contributed by atoms with E-state index in [9.17, 15) is 4.79 Å². The van der Waals surface area contributed by atoms with E-state index in [2.05, 4.69) is 17.9 Å². The third-order valence-electron chi connectivity index (χ3n) is 6.06. The van der Waals surface area contributed by atoms with Gasteiger partial charge >= 0.3 is 0 Å². The van der Waals surface area contributed by atoms with Crippen molar-refractivity contribution in [2.75, 3.05) is 38.6 Å². The first-order chi connectivity index (χ1) is 14.7. The van der Waals surface area contributed by atoms with E-state index in [4.69, 9.17) is 9.72 Å². The molecule has 5 nitrogen and oxygen atoms in total. The molecule has 0 radical (unpaired) electrons. The zero-order valence-electron chi connectivity index (χ0n) is 17.4. The molecule has 0 N–H and O–H groups in total. The Balaban J connectivity index is 1.56. The Kier molecular flexibility index (Phi) is 5.96. The van der Waals surface area contributed by atoms with Gasteiger partial charge in [0.15, 0.2) is 5.16 Å². The molecule has 0 bridgehead atoms. The third kappa shape index (κ3) is 3.84. The highest BCUT2D eigenvalue weighted by Crippen LogP contribution is 2.35. The second kappa shape index (κ2) is 8.83. The van der Waals surface area contributed by atoms with Gasteiger partial charge in [-0.3, -0.25) is 14.3 Å². The lowest BCUT2D eigenvalue weighted by Gasteiger charge is -2.26. The summed E-state index contributed by atoms with van der Waals surface area (Å²) >= 11 is 3.43. The fourth-order valence-electron chi connectivity index (χ4n) is 4.40. The van der Waals surface area contributed by atoms with Crippen LogP contribution in [0.5, 0.6) is 0 Å². The molecule has 1 fully saturated rings. The lowest BCUT2D eigenvalue weighted by atomic mass is 9.97. The minimum absolute atomic E-state index is 0.0996. The molecule has 7 heteroatoms. The van der Waals surface area contributed by atoms with Crippen LogP contribution in [0.4, 0.5) is 0 Å². The van der Waals surface area contributed by atoms with Gasteiger partial charge in [0.1, 0.15) is 4.83 Å². The van der Waals surface area contributed by atoms with Crippen LogP contribution in [-0.2, 0) is 17.6 Å². The molecule has 3 aromatic rings. The number of aryl methyl sites for hydroxylation is 3. The van der Waals surface area contributed by atoms with E-state index in [1.54, 1.807) is 23.1 Å². The summed E-state index contributed by atoms with van der Waals surface area (Å²) in [5.74, 6) is 0.912. The predicted octanol–water partition coefficient (Wildman–Crippen LogP) is 4.06. The van der Waals surface area contributed by atoms with Crippen molar-refractivity contribution in [3.05, 3.63) is 50.6 Å². The Labute approximate surface area is 185 Å². The number of nitrogens with zero attached hydrogens (tertiary/aromatic N) is 3. The second-order valence-corrected chi connectivity index (χ2v) is 10.2. The zero-order chi connectivity index (χ0) is 20.5. The molecule has 1 aromatic carbocycles. The first-order valence-corrected chi connectivity index (χ1v) is 12.6. The van der Waals surface area contributed by atoms with Crippen molar-refractivity contribution in [2.45, 2.75) is 37.8 Å². The molecular weight excluding hydrogens is 414 g/mol. The summed E-state index contributed by atoms with van der Waals surface area (Å²) in [6, 6.07) is 8.13. The van der Waals surface area contributed by atoms with Crippen LogP contribution in [0.25, 0.3) is 15.9 Å². The number of benzene rings is 1. The van der Waals surface area contributed by atoms with Crippen molar-refractivity contribution in [1.82, 2.24) is 14.5 Å². The van der Waals surface area contributed by atoms with Crippen LogP contribution in [0, 0.1) is 6.92 Å². The van der Waals surface area contributed by atoms with Crippen molar-refractivity contribution < 1.29 is 4.74 Å². The minimum Gasteiger partial charge on any atom is -0.379 e. The van der Waals surface area contributed by atoms with Gasteiger partial charge in [0, 0.05) is 30.3 Å². The van der Waals surface area contributed by atoms with E-state index in [1.165, 1.54) is 23.3 Å². The Morgan fingerprint density at radius 3 is 2.80 bits per heavy atom. The largest absolute Gasteiger partial charge is 0.379 e. The number of hydrogen-bond acceptors (Lipinski definition) is 6. The molecule has 0 spiro atoms. The van der Waals surface area contributed by atoms with Gasteiger partial charge in [0.2, 0.25) is 0 Å². The summed E-state index contributed by atoms with van der Waals surface area (Å²) in [6.45, 7) is 6.63. The van der Waals surface area contributed by atoms with E-state index < -0.39 is 0 Å². The van der Waals surface area contributed by atoms with Gasteiger partial charge in [0.25, 0.3) is 5.56 Å². The minimum atomic E-state index is 0.0996. The van der Waals surface area contributed by atoms with Crippen LogP contribution >= 0.6 is 23.1 Å². The highest BCUT2D eigenvalue weighted by Gasteiger charge is 2.23. The first-order valence-electron chi connectivity index (χ1n) is 10.8. The molecule has 0 atom stereocenters. The fraction of sp³-hybridized carbons (Fsp3) is 0.478. The number of morpholine rings is 1. The quantitative estimate of drug-likeness (QED) is 0.441. The molecule has 3 heterocycles. The summed E-state index contributed by atoms with van der Waals surface area (Å²) in [6.07, 6.45) is 4.47. The number of para-hydroxylation sites is 1. The van der Waals surface area contributed by atoms with Gasteiger partial charge in [-0.05, 0) is 49.8 Å². The second-order valence-electron chi connectivity index (χ2n) is 8.01. The molecule has 2 aromatic heterocycles. The van der Waals surface area contributed by atoms with Gasteiger partial charge in [0.05, 0.1) is 24.3 Å². The summed E-state index contributed by atoms with van der Waals surface area (Å²) < 4.78 is 7.32. The number of ether oxygens (including phenoxy) is 1. The van der Waals surface area contributed by atoms with E-state index in [1.807, 2.05) is 22.8 Å². The molecule has 0 saturated carbocycles. The molecular formula is C23H27N3O2S2. The van der Waals surface area contributed by atoms with E-state index in [0.717, 1.165) is 78.1 Å². The van der Waals surface area contributed by atoms with Crippen molar-refractivity contribution in [2.24, 2.45) is 0 Å². The highest BCUT2D eigenvalue weighted by atomic mass is 32.2. The lowest BCUT2D eigenvalue weighted by Crippen LogP contribution is -2.37. The molecule has 0 unspecified atom stereocenters. The number of thioether (sulfide) groups is 1. The summed E-state index contributed by atoms with van der Waals surface area (Å²) in [7, 11) is 0. The molecule has 1 aliphatic heterocycles. The molecule has 1 saturated heterocycles. The molecule has 1 aliphatic carbocycles. The number of fused-ring (bicyclic) bond motifs is 3. The Morgan fingerprint density at radius 1 is 1.17 bits per heavy atom. The van der Waals surface area contributed by atoms with Crippen molar-refractivity contribution in [3.8, 4) is 5.69 Å². The SMILES string of the molecule is Cc1ccccc1-n1c(SCCN2CCOCC2)nc2sc3c(c2c1=O)CCCC3. The maximum absolute atomic E-state index is 13.8. The van der Waals surface area contributed by atoms with Gasteiger partial charge in [-0.2, -0.15) is 0 Å². The van der Waals surface area contributed by atoms with Gasteiger partial charge < -0.3 is 4.74 Å². The maximum atomic E-state index is 13.8. The maximum Gasteiger partial charge on any atom is 0.267 e. The summed E-state index contributed by atoms with van der Waals surface area (Å²) in [5.41, 5.74) is 3.40. The summed E-state index contributed by atoms with van der Waals surface area (Å²) in [4.78, 5) is 23.5. The van der Waals surface area contributed by atoms with Crippen LogP contribution in [-0.4, -0.2) is 53.1 Å². The van der Waals surface area contributed by atoms with E-state index in [0.29, 0.717) is 0 Å². The Hall–Kier alpha value is -1.67. The van der Waals surface area contributed by atoms with Crippen molar-refractivity contribution >= 4 is 33.3 Å². The number of rotatable bonds is 5. The smallest absolute Gasteiger partial charge is 0.267 e. The number of hydrogen-bond donors (Lipinski definition) is 0.